The van der Waals surface area contributed by atoms with Gasteiger partial charge in [0.2, 0.25) is 0 Å². The standard InChI is InChI=1S/C27H23N3O5/c31-24(28-18-7-3-1-4-8-18)22-16-19(10-12-23(22)29-13-5-2-6-14-29)30-25(32)20-11-9-17(27(34)35)15-21(20)26(30)33/h1,3-4,7-12,15-16H,2,5-6,13-14H2,(H,28,31)(H,34,35). The molecule has 3 amide bonds. The second-order valence-electron chi connectivity index (χ2n) is 8.58. The zero-order valence-corrected chi connectivity index (χ0v) is 18.9. The Morgan fingerprint density at radius 3 is 2.23 bits per heavy atom. The Morgan fingerprint density at radius 2 is 1.51 bits per heavy atom. The van der Waals surface area contributed by atoms with Crippen LogP contribution in [-0.4, -0.2) is 41.9 Å². The molecule has 8 nitrogen and oxygen atoms in total. The van der Waals surface area contributed by atoms with E-state index in [4.69, 9.17) is 0 Å². The van der Waals surface area contributed by atoms with Crippen LogP contribution in [0.4, 0.5) is 17.1 Å². The number of carbonyl (C=O) groups excluding carboxylic acids is 3. The minimum Gasteiger partial charge on any atom is -0.478 e. The van der Waals surface area contributed by atoms with Crippen molar-refractivity contribution >= 4 is 40.8 Å². The minimum atomic E-state index is -1.18. The van der Waals surface area contributed by atoms with Crippen LogP contribution in [0.25, 0.3) is 0 Å². The van der Waals surface area contributed by atoms with Gasteiger partial charge in [-0.3, -0.25) is 14.4 Å². The van der Waals surface area contributed by atoms with Crippen molar-refractivity contribution in [2.45, 2.75) is 19.3 Å². The molecule has 8 heteroatoms. The fourth-order valence-corrected chi connectivity index (χ4v) is 4.58. The number of benzene rings is 3. The van der Waals surface area contributed by atoms with Gasteiger partial charge >= 0.3 is 5.97 Å². The molecule has 0 saturated carbocycles. The molecule has 2 N–H and O–H groups in total. The summed E-state index contributed by atoms with van der Waals surface area (Å²) in [5.74, 6) is -2.70. The summed E-state index contributed by atoms with van der Waals surface area (Å²) in [6.45, 7) is 1.63. The molecule has 2 aliphatic rings. The van der Waals surface area contributed by atoms with Gasteiger partial charge in [0.05, 0.1) is 27.9 Å². The number of hydrogen-bond donors (Lipinski definition) is 2. The summed E-state index contributed by atoms with van der Waals surface area (Å²) in [6, 6.07) is 17.9. The molecule has 2 heterocycles. The summed E-state index contributed by atoms with van der Waals surface area (Å²) in [7, 11) is 0. The Kier molecular flexibility index (Phi) is 5.78. The van der Waals surface area contributed by atoms with E-state index in [9.17, 15) is 24.3 Å². The molecule has 3 aromatic rings. The molecular formula is C27H23N3O5. The Hall–Kier alpha value is -4.46. The second kappa shape index (κ2) is 9.06. The summed E-state index contributed by atoms with van der Waals surface area (Å²) >= 11 is 0. The maximum absolute atomic E-state index is 13.4. The highest BCUT2D eigenvalue weighted by molar-refractivity contribution is 6.35. The van der Waals surface area contributed by atoms with Crippen LogP contribution in [0.2, 0.25) is 0 Å². The zero-order valence-electron chi connectivity index (χ0n) is 18.9. The summed E-state index contributed by atoms with van der Waals surface area (Å²) in [6.07, 6.45) is 3.17. The minimum absolute atomic E-state index is 0.0327. The van der Waals surface area contributed by atoms with Gasteiger partial charge in [0.15, 0.2) is 0 Å². The summed E-state index contributed by atoms with van der Waals surface area (Å²) in [5, 5.41) is 12.2. The lowest BCUT2D eigenvalue weighted by Gasteiger charge is -2.31. The SMILES string of the molecule is O=C(O)c1ccc2c(c1)C(=O)N(c1ccc(N3CCCCC3)c(C(=O)Nc3ccccc3)c1)C2=O. The second-order valence-corrected chi connectivity index (χ2v) is 8.58. The molecule has 0 radical (unpaired) electrons. The number of piperidine rings is 1. The first-order valence-corrected chi connectivity index (χ1v) is 11.5. The van der Waals surface area contributed by atoms with E-state index in [1.165, 1.54) is 18.2 Å². The highest BCUT2D eigenvalue weighted by Crippen LogP contribution is 2.34. The number of nitrogens with zero attached hydrogens (tertiary/aromatic N) is 2. The van der Waals surface area contributed by atoms with E-state index in [2.05, 4.69) is 10.2 Å². The molecule has 3 aromatic carbocycles. The van der Waals surface area contributed by atoms with Gasteiger partial charge in [-0.1, -0.05) is 18.2 Å². The number of anilines is 3. The van der Waals surface area contributed by atoms with Crippen LogP contribution in [0.15, 0.2) is 66.7 Å². The fourth-order valence-electron chi connectivity index (χ4n) is 4.58. The van der Waals surface area contributed by atoms with Crippen molar-refractivity contribution in [1.29, 1.82) is 0 Å². The molecule has 0 aromatic heterocycles. The third kappa shape index (κ3) is 4.14. The first kappa shape index (κ1) is 22.3. The summed E-state index contributed by atoms with van der Waals surface area (Å²) < 4.78 is 0. The number of rotatable bonds is 5. The lowest BCUT2D eigenvalue weighted by Crippen LogP contribution is -2.33. The maximum Gasteiger partial charge on any atom is 0.335 e. The summed E-state index contributed by atoms with van der Waals surface area (Å²) in [5.41, 5.74) is 2.08. The Bertz CT molecular complexity index is 1350. The monoisotopic (exact) mass is 469 g/mol. The van der Waals surface area contributed by atoms with Gasteiger partial charge < -0.3 is 15.3 Å². The van der Waals surface area contributed by atoms with Crippen LogP contribution < -0.4 is 15.1 Å². The Morgan fingerprint density at radius 1 is 0.800 bits per heavy atom. The number of hydrogen-bond acceptors (Lipinski definition) is 5. The molecule has 1 saturated heterocycles. The average molecular weight is 469 g/mol. The maximum atomic E-state index is 13.4. The van der Waals surface area contributed by atoms with Crippen LogP contribution in [-0.2, 0) is 0 Å². The lowest BCUT2D eigenvalue weighted by molar-refractivity contribution is 0.0696. The van der Waals surface area contributed by atoms with E-state index in [0.717, 1.165) is 42.9 Å². The highest BCUT2D eigenvalue weighted by atomic mass is 16.4. The van der Waals surface area contributed by atoms with Crippen LogP contribution in [0.1, 0.15) is 60.7 Å². The topological polar surface area (TPSA) is 107 Å². The van der Waals surface area contributed by atoms with Crippen molar-refractivity contribution in [1.82, 2.24) is 0 Å². The van der Waals surface area contributed by atoms with E-state index in [0.29, 0.717) is 11.3 Å². The number of carbonyl (C=O) groups is 4. The van der Waals surface area contributed by atoms with Crippen molar-refractivity contribution < 1.29 is 24.3 Å². The van der Waals surface area contributed by atoms with Crippen LogP contribution >= 0.6 is 0 Å². The van der Waals surface area contributed by atoms with Gasteiger partial charge in [-0.25, -0.2) is 9.69 Å². The molecule has 0 atom stereocenters. The predicted molar refractivity (Wildman–Crippen MR) is 131 cm³/mol. The number of amides is 3. The Labute approximate surface area is 201 Å². The van der Waals surface area contributed by atoms with Crippen molar-refractivity contribution in [2.75, 3.05) is 28.2 Å². The van der Waals surface area contributed by atoms with E-state index in [-0.39, 0.29) is 28.3 Å². The lowest BCUT2D eigenvalue weighted by atomic mass is 10.0. The number of fused-ring (bicyclic) bond motifs is 1. The van der Waals surface area contributed by atoms with Gasteiger partial charge in [0.25, 0.3) is 17.7 Å². The van der Waals surface area contributed by atoms with E-state index in [1.54, 1.807) is 30.3 Å². The Balaban J connectivity index is 1.54. The fraction of sp³-hybridized carbons (Fsp3) is 0.185. The molecular weight excluding hydrogens is 446 g/mol. The predicted octanol–water partition coefficient (Wildman–Crippen LogP) is 4.43. The molecule has 35 heavy (non-hydrogen) atoms. The molecule has 0 aliphatic carbocycles. The van der Waals surface area contributed by atoms with E-state index in [1.807, 2.05) is 18.2 Å². The van der Waals surface area contributed by atoms with Gasteiger partial charge in [-0.15, -0.1) is 0 Å². The average Bonchev–Trinajstić information content (AvgIpc) is 3.14. The molecule has 2 aliphatic heterocycles. The van der Waals surface area contributed by atoms with Crippen LogP contribution in [0.5, 0.6) is 0 Å². The van der Waals surface area contributed by atoms with Gasteiger partial charge in [-0.05, 0) is 67.8 Å². The van der Waals surface area contributed by atoms with E-state index < -0.39 is 17.8 Å². The van der Waals surface area contributed by atoms with Gasteiger partial charge in [0.1, 0.15) is 0 Å². The van der Waals surface area contributed by atoms with Crippen LogP contribution in [0, 0.1) is 0 Å². The van der Waals surface area contributed by atoms with Crippen LogP contribution in [0.3, 0.4) is 0 Å². The highest BCUT2D eigenvalue weighted by Gasteiger charge is 2.38. The van der Waals surface area contributed by atoms with Crippen molar-refractivity contribution in [3.63, 3.8) is 0 Å². The third-order valence-electron chi connectivity index (χ3n) is 6.34. The van der Waals surface area contributed by atoms with Gasteiger partial charge in [-0.2, -0.15) is 0 Å². The number of carboxylic acids is 1. The molecule has 0 spiro atoms. The van der Waals surface area contributed by atoms with Crippen molar-refractivity contribution in [2.24, 2.45) is 0 Å². The quantitative estimate of drug-likeness (QED) is 0.536. The van der Waals surface area contributed by atoms with Gasteiger partial charge in [0, 0.05) is 24.5 Å². The number of para-hydroxylation sites is 1. The number of carboxylic acid groups (broad SMARTS) is 1. The number of imide groups is 1. The first-order valence-electron chi connectivity index (χ1n) is 11.5. The normalized spacial score (nSPS) is 15.2. The molecule has 1 fully saturated rings. The first-order chi connectivity index (χ1) is 16.9. The van der Waals surface area contributed by atoms with Crippen molar-refractivity contribution in [3.8, 4) is 0 Å². The molecule has 176 valence electrons. The number of aromatic carboxylic acids is 1. The zero-order chi connectivity index (χ0) is 24.5. The van der Waals surface area contributed by atoms with E-state index >= 15 is 0 Å². The largest absolute Gasteiger partial charge is 0.478 e. The molecule has 0 bridgehead atoms. The number of nitrogens with one attached hydrogen (secondary N) is 1. The smallest absolute Gasteiger partial charge is 0.335 e. The molecule has 0 unspecified atom stereocenters. The van der Waals surface area contributed by atoms with Crippen molar-refractivity contribution in [3.05, 3.63) is 89.0 Å². The molecule has 5 rings (SSSR count). The summed E-state index contributed by atoms with van der Waals surface area (Å²) in [4.78, 5) is 54.1. The third-order valence-corrected chi connectivity index (χ3v) is 6.34.